The van der Waals surface area contributed by atoms with Crippen LogP contribution in [0.1, 0.15) is 59.3 Å². The largest absolute Gasteiger partial charge is 0.382 e. The van der Waals surface area contributed by atoms with Crippen LogP contribution in [0, 0.1) is 5.41 Å². The number of hydrogen-bond acceptors (Lipinski definition) is 2. The van der Waals surface area contributed by atoms with Crippen molar-refractivity contribution < 1.29 is 4.74 Å². The van der Waals surface area contributed by atoms with Gasteiger partial charge >= 0.3 is 0 Å². The fourth-order valence-corrected chi connectivity index (χ4v) is 2.27. The predicted octanol–water partition coefficient (Wildman–Crippen LogP) is 3.56. The van der Waals surface area contributed by atoms with Crippen molar-refractivity contribution in [3.8, 4) is 0 Å². The Hall–Kier alpha value is -0.0400. The van der Waals surface area contributed by atoms with Gasteiger partial charge in [-0.25, -0.2) is 0 Å². The van der Waals surface area contributed by atoms with E-state index in [1.54, 1.807) is 0 Å². The van der Waals surface area contributed by atoms with E-state index in [-0.39, 0.29) is 24.0 Å². The van der Waals surface area contributed by atoms with Crippen molar-refractivity contribution >= 4 is 29.9 Å². The summed E-state index contributed by atoms with van der Waals surface area (Å²) < 4.78 is 5.48. The van der Waals surface area contributed by atoms with Crippen LogP contribution in [0.25, 0.3) is 0 Å². The van der Waals surface area contributed by atoms with E-state index < -0.39 is 0 Å². The van der Waals surface area contributed by atoms with Crippen LogP contribution in [0.4, 0.5) is 0 Å². The summed E-state index contributed by atoms with van der Waals surface area (Å²) >= 11 is 0. The fraction of sp³-hybridized carbons (Fsp3) is 0.938. The second-order valence-electron chi connectivity index (χ2n) is 5.78. The van der Waals surface area contributed by atoms with Gasteiger partial charge in [-0.3, -0.25) is 4.99 Å². The van der Waals surface area contributed by atoms with E-state index in [9.17, 15) is 0 Å². The van der Waals surface area contributed by atoms with Gasteiger partial charge in [-0.1, -0.05) is 19.8 Å². The molecule has 0 heterocycles. The Bertz CT molecular complexity index is 281. The normalized spacial score (nSPS) is 16.2. The van der Waals surface area contributed by atoms with Crippen molar-refractivity contribution in [1.29, 1.82) is 0 Å². The molecule has 0 atom stereocenters. The highest BCUT2D eigenvalue weighted by Crippen LogP contribution is 2.48. The first kappa shape index (κ1) is 21.0. The highest BCUT2D eigenvalue weighted by Gasteiger charge is 2.41. The third-order valence-corrected chi connectivity index (χ3v) is 3.93. The SMILES string of the molecule is CCCCCNC(=NCC1(CCOCC)CC1)NCC.I. The van der Waals surface area contributed by atoms with Crippen molar-refractivity contribution in [2.75, 3.05) is 32.8 Å². The average molecular weight is 411 g/mol. The lowest BCUT2D eigenvalue weighted by Gasteiger charge is -2.15. The third kappa shape index (κ3) is 9.55. The van der Waals surface area contributed by atoms with Gasteiger partial charge in [0.05, 0.1) is 0 Å². The molecule has 126 valence electrons. The number of unbranched alkanes of at least 4 members (excludes halogenated alkanes) is 2. The topological polar surface area (TPSA) is 45.7 Å². The summed E-state index contributed by atoms with van der Waals surface area (Å²) in [5.41, 5.74) is 0.431. The summed E-state index contributed by atoms with van der Waals surface area (Å²) in [7, 11) is 0. The van der Waals surface area contributed by atoms with Gasteiger partial charge in [0, 0.05) is 32.8 Å². The van der Waals surface area contributed by atoms with Crippen molar-refractivity contribution in [2.45, 2.75) is 59.3 Å². The molecule has 1 fully saturated rings. The van der Waals surface area contributed by atoms with Gasteiger partial charge in [0.15, 0.2) is 5.96 Å². The predicted molar refractivity (Wildman–Crippen MR) is 102 cm³/mol. The van der Waals surface area contributed by atoms with E-state index >= 15 is 0 Å². The quantitative estimate of drug-likeness (QED) is 0.237. The number of nitrogens with one attached hydrogen (secondary N) is 2. The number of halogens is 1. The maximum atomic E-state index is 5.48. The standard InChI is InChI=1S/C16H33N3O.HI/c1-4-7-8-12-18-15(17-5-2)19-14-16(9-10-16)11-13-20-6-3;/h4-14H2,1-3H3,(H2,17,18,19);1H. The van der Waals surface area contributed by atoms with Gasteiger partial charge < -0.3 is 15.4 Å². The van der Waals surface area contributed by atoms with Gasteiger partial charge in [-0.05, 0) is 44.9 Å². The molecule has 0 bridgehead atoms. The molecule has 5 heteroatoms. The van der Waals surface area contributed by atoms with Crippen molar-refractivity contribution in [3.63, 3.8) is 0 Å². The van der Waals surface area contributed by atoms with E-state index in [1.807, 2.05) is 0 Å². The number of aliphatic imine (C=N–C) groups is 1. The zero-order valence-electron chi connectivity index (χ0n) is 14.0. The molecule has 0 unspecified atom stereocenters. The van der Waals surface area contributed by atoms with Crippen LogP contribution in [-0.4, -0.2) is 38.8 Å². The Morgan fingerprint density at radius 2 is 1.90 bits per heavy atom. The molecular weight excluding hydrogens is 377 g/mol. The fourth-order valence-electron chi connectivity index (χ4n) is 2.27. The van der Waals surface area contributed by atoms with Crippen LogP contribution >= 0.6 is 24.0 Å². The van der Waals surface area contributed by atoms with E-state index in [1.165, 1.54) is 32.1 Å². The van der Waals surface area contributed by atoms with Crippen molar-refractivity contribution in [1.82, 2.24) is 10.6 Å². The van der Waals surface area contributed by atoms with Crippen LogP contribution < -0.4 is 10.6 Å². The van der Waals surface area contributed by atoms with E-state index in [0.29, 0.717) is 5.41 Å². The maximum absolute atomic E-state index is 5.48. The Morgan fingerprint density at radius 1 is 1.14 bits per heavy atom. The molecule has 0 aromatic rings. The number of nitrogens with zero attached hydrogens (tertiary/aromatic N) is 1. The van der Waals surface area contributed by atoms with Gasteiger partial charge in [-0.15, -0.1) is 24.0 Å². The molecule has 1 rings (SSSR count). The van der Waals surface area contributed by atoms with Crippen LogP contribution in [0.3, 0.4) is 0 Å². The zero-order chi connectivity index (χ0) is 14.7. The molecule has 1 aliphatic carbocycles. The molecule has 0 spiro atoms. The summed E-state index contributed by atoms with van der Waals surface area (Å²) in [5, 5.41) is 6.77. The second kappa shape index (κ2) is 12.5. The Labute approximate surface area is 147 Å². The van der Waals surface area contributed by atoms with Crippen molar-refractivity contribution in [3.05, 3.63) is 0 Å². The summed E-state index contributed by atoms with van der Waals surface area (Å²) in [6, 6.07) is 0. The summed E-state index contributed by atoms with van der Waals surface area (Å²) in [5.74, 6) is 0.978. The Morgan fingerprint density at radius 3 is 2.48 bits per heavy atom. The maximum Gasteiger partial charge on any atom is 0.191 e. The molecule has 1 aliphatic rings. The molecular formula is C16H34IN3O. The monoisotopic (exact) mass is 411 g/mol. The highest BCUT2D eigenvalue weighted by atomic mass is 127. The van der Waals surface area contributed by atoms with Crippen LogP contribution in [0.15, 0.2) is 4.99 Å². The minimum atomic E-state index is 0. The molecule has 21 heavy (non-hydrogen) atoms. The lowest BCUT2D eigenvalue weighted by molar-refractivity contribution is 0.129. The third-order valence-electron chi connectivity index (χ3n) is 3.93. The zero-order valence-corrected chi connectivity index (χ0v) is 16.4. The smallest absolute Gasteiger partial charge is 0.191 e. The molecule has 0 aliphatic heterocycles. The molecule has 0 aromatic heterocycles. The van der Waals surface area contributed by atoms with Gasteiger partial charge in [0.2, 0.25) is 0 Å². The van der Waals surface area contributed by atoms with Crippen LogP contribution in [0.5, 0.6) is 0 Å². The number of guanidine groups is 1. The summed E-state index contributed by atoms with van der Waals surface area (Å²) in [6.45, 7) is 11.0. The molecule has 0 amide bonds. The molecule has 1 saturated carbocycles. The van der Waals surface area contributed by atoms with Gasteiger partial charge in [0.1, 0.15) is 0 Å². The van der Waals surface area contributed by atoms with E-state index in [0.717, 1.165) is 45.2 Å². The molecule has 4 nitrogen and oxygen atoms in total. The van der Waals surface area contributed by atoms with Gasteiger partial charge in [0.25, 0.3) is 0 Å². The van der Waals surface area contributed by atoms with Crippen molar-refractivity contribution in [2.24, 2.45) is 10.4 Å². The first-order chi connectivity index (χ1) is 9.76. The summed E-state index contributed by atoms with van der Waals surface area (Å²) in [4.78, 5) is 4.76. The second-order valence-corrected chi connectivity index (χ2v) is 5.78. The van der Waals surface area contributed by atoms with E-state index in [4.69, 9.17) is 9.73 Å². The first-order valence-electron chi connectivity index (χ1n) is 8.36. The number of rotatable bonds is 11. The van der Waals surface area contributed by atoms with Crippen LogP contribution in [-0.2, 0) is 4.74 Å². The minimum Gasteiger partial charge on any atom is -0.382 e. The lowest BCUT2D eigenvalue weighted by Crippen LogP contribution is -2.38. The highest BCUT2D eigenvalue weighted by molar-refractivity contribution is 14.0. The number of hydrogen-bond donors (Lipinski definition) is 2. The molecule has 0 saturated heterocycles. The van der Waals surface area contributed by atoms with E-state index in [2.05, 4.69) is 31.4 Å². The first-order valence-corrected chi connectivity index (χ1v) is 8.36. The van der Waals surface area contributed by atoms with Crippen LogP contribution in [0.2, 0.25) is 0 Å². The summed E-state index contributed by atoms with van der Waals surface area (Å²) in [6.07, 6.45) is 7.52. The average Bonchev–Trinajstić information content (AvgIpc) is 3.21. The molecule has 2 N–H and O–H groups in total. The lowest BCUT2D eigenvalue weighted by atomic mass is 10.0. The number of ether oxygens (including phenoxy) is 1. The molecule has 0 aromatic carbocycles. The van der Waals surface area contributed by atoms with Gasteiger partial charge in [-0.2, -0.15) is 0 Å². The Kier molecular flexibility index (Phi) is 12.5. The Balaban J connectivity index is 0.00000400. The molecule has 0 radical (unpaired) electrons. The minimum absolute atomic E-state index is 0.